The summed E-state index contributed by atoms with van der Waals surface area (Å²) in [5.74, 6) is 0.864. The number of hydrogen-bond donors (Lipinski definition) is 1. The smallest absolute Gasteiger partial charge is 0.134 e. The molecular weight excluding hydrogens is 795 g/mol. The highest BCUT2D eigenvalue weighted by molar-refractivity contribution is 7.99. The molecule has 0 bridgehead atoms. The second kappa shape index (κ2) is 14.7. The van der Waals surface area contributed by atoms with Crippen LogP contribution in [0.25, 0.3) is 60.9 Å². The summed E-state index contributed by atoms with van der Waals surface area (Å²) >= 11 is 1.91. The lowest BCUT2D eigenvalue weighted by Crippen LogP contribution is -2.32. The van der Waals surface area contributed by atoms with E-state index in [4.69, 9.17) is 9.98 Å². The minimum atomic E-state index is -0.513. The number of nitrogens with zero attached hydrogens (tertiary/aromatic N) is 2. The van der Waals surface area contributed by atoms with Crippen LogP contribution in [0.1, 0.15) is 45.0 Å². The maximum Gasteiger partial charge on any atom is 0.134 e. The summed E-state index contributed by atoms with van der Waals surface area (Å²) in [5, 5.41) is 7.34. The molecule has 1 aliphatic carbocycles. The molecule has 0 saturated heterocycles. The van der Waals surface area contributed by atoms with Gasteiger partial charge in [0.2, 0.25) is 0 Å². The summed E-state index contributed by atoms with van der Waals surface area (Å²) in [5.41, 5.74) is 17.2. The van der Waals surface area contributed by atoms with Gasteiger partial charge in [0.05, 0.1) is 28.4 Å². The highest BCUT2D eigenvalue weighted by atomic mass is 32.2. The third kappa shape index (κ3) is 5.62. The van der Waals surface area contributed by atoms with E-state index < -0.39 is 5.41 Å². The van der Waals surface area contributed by atoms with Gasteiger partial charge in [0.1, 0.15) is 5.84 Å². The molecule has 300 valence electrons. The Balaban J connectivity index is 0.984. The van der Waals surface area contributed by atoms with Crippen molar-refractivity contribution in [2.24, 2.45) is 4.99 Å². The van der Waals surface area contributed by atoms with Crippen LogP contribution in [0.5, 0.6) is 0 Å². The Hall–Kier alpha value is -7.79. The SMILES string of the molecule is C1=C(c2ccccc2)N=C(c2ccc(-c3ccc4c(c3)Sc3c(ccc5c(-c6ccccc6)nc6ccccc6c35)C43c4ccccc4-c4ccccc43)cc2)NC1c1ccccc1. The van der Waals surface area contributed by atoms with Gasteiger partial charge in [-0.05, 0) is 73.8 Å². The first-order chi connectivity index (χ1) is 31.7. The number of pyridine rings is 1. The zero-order chi connectivity index (χ0) is 42.2. The molecule has 0 fully saturated rings. The topological polar surface area (TPSA) is 37.3 Å². The van der Waals surface area contributed by atoms with E-state index in [1.807, 2.05) is 11.8 Å². The summed E-state index contributed by atoms with van der Waals surface area (Å²) < 4.78 is 0. The summed E-state index contributed by atoms with van der Waals surface area (Å²) in [6, 6.07) is 79.3. The van der Waals surface area contributed by atoms with Gasteiger partial charge in [0, 0.05) is 37.1 Å². The molecule has 1 N–H and O–H groups in total. The number of benzene rings is 9. The molecule has 1 aromatic heterocycles. The van der Waals surface area contributed by atoms with E-state index in [2.05, 4.69) is 230 Å². The first-order valence-corrected chi connectivity index (χ1v) is 22.8. The highest BCUT2D eigenvalue weighted by Gasteiger charge is 2.50. The van der Waals surface area contributed by atoms with Crippen LogP contribution in [0.2, 0.25) is 0 Å². The maximum absolute atomic E-state index is 5.34. The molecule has 2 aliphatic heterocycles. The molecule has 0 saturated carbocycles. The molecule has 3 nitrogen and oxygen atoms in total. The number of amidine groups is 1. The Bertz CT molecular complexity index is 3490. The monoisotopic (exact) mass is 833 g/mol. The minimum Gasteiger partial charge on any atom is -0.359 e. The fourth-order valence-corrected chi connectivity index (χ4v) is 11.9. The van der Waals surface area contributed by atoms with Crippen LogP contribution in [-0.4, -0.2) is 10.8 Å². The largest absolute Gasteiger partial charge is 0.359 e. The van der Waals surface area contributed by atoms with Crippen LogP contribution >= 0.6 is 11.8 Å². The van der Waals surface area contributed by atoms with Crippen LogP contribution in [0.15, 0.2) is 239 Å². The van der Waals surface area contributed by atoms with Gasteiger partial charge in [-0.25, -0.2) is 9.98 Å². The molecule has 1 atom stereocenters. The van der Waals surface area contributed by atoms with Crippen molar-refractivity contribution in [2.75, 3.05) is 0 Å². The maximum atomic E-state index is 5.34. The number of fused-ring (bicyclic) bond motifs is 13. The van der Waals surface area contributed by atoms with Gasteiger partial charge in [-0.2, -0.15) is 0 Å². The van der Waals surface area contributed by atoms with E-state index in [0.29, 0.717) is 0 Å². The molecular formula is C60H39N3S. The lowest BCUT2D eigenvalue weighted by molar-refractivity contribution is 0.726. The van der Waals surface area contributed by atoms with Crippen molar-refractivity contribution < 1.29 is 0 Å². The summed E-state index contributed by atoms with van der Waals surface area (Å²) in [6.07, 6.45) is 2.23. The van der Waals surface area contributed by atoms with Crippen LogP contribution in [0.4, 0.5) is 0 Å². The third-order valence-corrected chi connectivity index (χ3v) is 14.6. The van der Waals surface area contributed by atoms with Gasteiger partial charge in [-0.15, -0.1) is 0 Å². The Morgan fingerprint density at radius 3 is 1.78 bits per heavy atom. The van der Waals surface area contributed by atoms with E-state index >= 15 is 0 Å². The van der Waals surface area contributed by atoms with Crippen LogP contribution < -0.4 is 5.32 Å². The van der Waals surface area contributed by atoms with E-state index in [1.54, 1.807) is 0 Å². The molecule has 10 aromatic rings. The molecule has 3 aliphatic rings. The van der Waals surface area contributed by atoms with E-state index in [0.717, 1.165) is 45.0 Å². The number of hydrogen-bond acceptors (Lipinski definition) is 4. The molecule has 0 amide bonds. The lowest BCUT2D eigenvalue weighted by Gasteiger charge is -2.40. The molecule has 0 radical (unpaired) electrons. The molecule has 13 rings (SSSR count). The highest BCUT2D eigenvalue weighted by Crippen LogP contribution is 2.63. The number of nitrogens with one attached hydrogen (secondary N) is 1. The summed E-state index contributed by atoms with van der Waals surface area (Å²) in [7, 11) is 0. The Labute approximate surface area is 376 Å². The predicted octanol–water partition coefficient (Wildman–Crippen LogP) is 14.7. The van der Waals surface area contributed by atoms with E-state index in [1.165, 1.54) is 70.5 Å². The molecule has 4 heteroatoms. The van der Waals surface area contributed by atoms with Crippen LogP contribution in [0, 0.1) is 0 Å². The van der Waals surface area contributed by atoms with Gasteiger partial charge in [-0.3, -0.25) is 0 Å². The van der Waals surface area contributed by atoms with Crippen molar-refractivity contribution in [3.8, 4) is 33.5 Å². The summed E-state index contributed by atoms with van der Waals surface area (Å²) in [6.45, 7) is 0. The van der Waals surface area contributed by atoms with Gasteiger partial charge in [-0.1, -0.05) is 218 Å². The molecule has 1 unspecified atom stereocenters. The van der Waals surface area contributed by atoms with Gasteiger partial charge in [0.25, 0.3) is 0 Å². The second-order valence-electron chi connectivity index (χ2n) is 16.9. The Morgan fingerprint density at radius 1 is 0.453 bits per heavy atom. The predicted molar refractivity (Wildman–Crippen MR) is 265 cm³/mol. The van der Waals surface area contributed by atoms with E-state index in [9.17, 15) is 0 Å². The second-order valence-corrected chi connectivity index (χ2v) is 17.9. The first kappa shape index (κ1) is 36.8. The van der Waals surface area contributed by atoms with Crippen LogP contribution in [-0.2, 0) is 5.41 Å². The number of rotatable bonds is 5. The van der Waals surface area contributed by atoms with Gasteiger partial charge in [0.15, 0.2) is 0 Å². The van der Waals surface area contributed by atoms with Crippen molar-refractivity contribution >= 4 is 45.0 Å². The Kier molecular flexibility index (Phi) is 8.43. The fourth-order valence-electron chi connectivity index (χ4n) is 10.5. The Morgan fingerprint density at radius 2 is 1.05 bits per heavy atom. The number of aliphatic imine (C=N–C) groups is 1. The fraction of sp³-hybridized carbons (Fsp3) is 0.0333. The normalized spacial score (nSPS) is 15.4. The number of aromatic nitrogens is 1. The molecule has 9 aromatic carbocycles. The standard InChI is InChI=1S/C60H39N3S/c1-4-16-39(17-5-1)53-37-54(40-18-6-2-7-19-40)63-59(62-53)42-30-28-38(29-31-42)43-32-34-50-55(36-43)64-58-51(60(50)48-25-13-10-22-44(48)45-23-11-14-26-49(45)60)35-33-47-56(58)46-24-12-15-27-52(46)61-57(47)41-20-8-3-9-21-41/h1-37,53H,(H,62,63). The summed E-state index contributed by atoms with van der Waals surface area (Å²) in [4.78, 5) is 13.1. The van der Waals surface area contributed by atoms with Crippen molar-refractivity contribution in [3.05, 3.63) is 263 Å². The average Bonchev–Trinajstić information content (AvgIpc) is 3.67. The molecule has 1 spiro atoms. The van der Waals surface area contributed by atoms with Crippen molar-refractivity contribution in [2.45, 2.75) is 21.2 Å². The third-order valence-electron chi connectivity index (χ3n) is 13.4. The van der Waals surface area contributed by atoms with Crippen molar-refractivity contribution in [3.63, 3.8) is 0 Å². The average molecular weight is 834 g/mol. The quantitative estimate of drug-likeness (QED) is 0.176. The lowest BCUT2D eigenvalue weighted by atomic mass is 9.66. The zero-order valence-electron chi connectivity index (χ0n) is 34.7. The molecule has 64 heavy (non-hydrogen) atoms. The minimum absolute atomic E-state index is 0.00458. The van der Waals surface area contributed by atoms with Crippen molar-refractivity contribution in [1.82, 2.24) is 10.3 Å². The van der Waals surface area contributed by atoms with Gasteiger partial charge < -0.3 is 5.32 Å². The number of para-hydroxylation sites is 1. The van der Waals surface area contributed by atoms with Crippen molar-refractivity contribution in [1.29, 1.82) is 0 Å². The van der Waals surface area contributed by atoms with Crippen LogP contribution in [0.3, 0.4) is 0 Å². The van der Waals surface area contributed by atoms with E-state index in [-0.39, 0.29) is 6.04 Å². The zero-order valence-corrected chi connectivity index (χ0v) is 35.6. The van der Waals surface area contributed by atoms with Gasteiger partial charge >= 0.3 is 0 Å². The first-order valence-electron chi connectivity index (χ1n) is 21.9. The molecule has 3 heterocycles.